The summed E-state index contributed by atoms with van der Waals surface area (Å²) in [6.07, 6.45) is 7.55. The highest BCUT2D eigenvalue weighted by molar-refractivity contribution is 5.97. The van der Waals surface area contributed by atoms with Gasteiger partial charge in [0, 0.05) is 41.6 Å². The van der Waals surface area contributed by atoms with Crippen LogP contribution in [0.3, 0.4) is 0 Å². The number of pyridine rings is 1. The quantitative estimate of drug-likeness (QED) is 0.667. The maximum Gasteiger partial charge on any atom is 0.150 e. The number of aryl methyl sites for hydroxylation is 2. The molecule has 0 spiro atoms. The normalized spacial score (nSPS) is 10.7. The highest BCUT2D eigenvalue weighted by Crippen LogP contribution is 2.19. The van der Waals surface area contributed by atoms with E-state index in [0.717, 1.165) is 35.7 Å². The number of fused-ring (bicyclic) bond motifs is 1. The Morgan fingerprint density at radius 2 is 2.11 bits per heavy atom. The number of benzene rings is 1. The average Bonchev–Trinajstić information content (AvgIpc) is 2.89. The number of rotatable bonds is 4. The van der Waals surface area contributed by atoms with Crippen molar-refractivity contribution >= 4 is 17.2 Å². The Morgan fingerprint density at radius 1 is 1.16 bits per heavy atom. The smallest absolute Gasteiger partial charge is 0.150 e. The lowest BCUT2D eigenvalue weighted by Crippen LogP contribution is -2.00. The minimum atomic E-state index is 0.748. The third-order valence-electron chi connectivity index (χ3n) is 3.34. The zero-order chi connectivity index (χ0) is 13.1. The van der Waals surface area contributed by atoms with Crippen molar-refractivity contribution in [3.05, 3.63) is 66.1 Å². The summed E-state index contributed by atoms with van der Waals surface area (Å²) in [5.74, 6) is 0. The topological polar surface area (TPSA) is 34.9 Å². The number of hydrogen-bond acceptors (Lipinski definition) is 2. The van der Waals surface area contributed by atoms with Gasteiger partial charge in [-0.15, -0.1) is 0 Å². The second-order valence-corrected chi connectivity index (χ2v) is 4.52. The van der Waals surface area contributed by atoms with Gasteiger partial charge in [-0.2, -0.15) is 0 Å². The van der Waals surface area contributed by atoms with Crippen molar-refractivity contribution < 1.29 is 4.79 Å². The number of nitrogens with zero attached hydrogens (tertiary/aromatic N) is 2. The second-order valence-electron chi connectivity index (χ2n) is 4.52. The molecule has 0 unspecified atom stereocenters. The number of carbonyl (C=O) groups excluding carboxylic acids is 1. The highest BCUT2D eigenvalue weighted by Gasteiger charge is 2.04. The predicted molar refractivity (Wildman–Crippen MR) is 75.3 cm³/mol. The molecule has 3 rings (SSSR count). The first-order valence-electron chi connectivity index (χ1n) is 6.30. The van der Waals surface area contributed by atoms with E-state index < -0.39 is 0 Å². The van der Waals surface area contributed by atoms with E-state index in [4.69, 9.17) is 0 Å². The monoisotopic (exact) mass is 250 g/mol. The number of aldehydes is 1. The first-order chi connectivity index (χ1) is 9.38. The lowest BCUT2D eigenvalue weighted by Gasteiger charge is -2.05. The van der Waals surface area contributed by atoms with E-state index in [-0.39, 0.29) is 0 Å². The highest BCUT2D eigenvalue weighted by atomic mass is 16.1. The third-order valence-corrected chi connectivity index (χ3v) is 3.34. The van der Waals surface area contributed by atoms with Gasteiger partial charge in [-0.05, 0) is 30.2 Å². The van der Waals surface area contributed by atoms with Crippen molar-refractivity contribution in [3.8, 4) is 0 Å². The molecular formula is C16H14N2O. The van der Waals surface area contributed by atoms with Gasteiger partial charge in [-0.25, -0.2) is 0 Å². The number of hydrogen-bond donors (Lipinski definition) is 0. The molecule has 0 aliphatic heterocycles. The van der Waals surface area contributed by atoms with Gasteiger partial charge in [0.1, 0.15) is 0 Å². The molecule has 2 aromatic heterocycles. The van der Waals surface area contributed by atoms with Gasteiger partial charge in [0.05, 0.1) is 0 Å². The standard InChI is InChI=1S/C16H14N2O/c19-12-14-4-1-5-16-15(14)7-10-18(16)9-6-13-3-2-8-17-11-13/h1-5,7-8,10-12H,6,9H2. The van der Waals surface area contributed by atoms with Crippen LogP contribution in [0.15, 0.2) is 55.0 Å². The van der Waals surface area contributed by atoms with Crippen LogP contribution in [0.1, 0.15) is 15.9 Å². The molecule has 0 atom stereocenters. The maximum atomic E-state index is 11.0. The summed E-state index contributed by atoms with van der Waals surface area (Å²) >= 11 is 0. The summed E-state index contributed by atoms with van der Waals surface area (Å²) < 4.78 is 2.18. The summed E-state index contributed by atoms with van der Waals surface area (Å²) in [7, 11) is 0. The Kier molecular flexibility index (Phi) is 3.11. The SMILES string of the molecule is O=Cc1cccc2c1ccn2CCc1cccnc1. The van der Waals surface area contributed by atoms with Crippen LogP contribution in [-0.2, 0) is 13.0 Å². The molecule has 3 nitrogen and oxygen atoms in total. The van der Waals surface area contributed by atoms with Crippen molar-refractivity contribution in [2.75, 3.05) is 0 Å². The van der Waals surface area contributed by atoms with Crippen molar-refractivity contribution in [2.24, 2.45) is 0 Å². The van der Waals surface area contributed by atoms with Gasteiger partial charge in [0.25, 0.3) is 0 Å². The Bertz CT molecular complexity index is 701. The molecular weight excluding hydrogens is 236 g/mol. The molecule has 0 N–H and O–H groups in total. The van der Waals surface area contributed by atoms with Crippen LogP contribution in [0.25, 0.3) is 10.9 Å². The van der Waals surface area contributed by atoms with Gasteiger partial charge in [0.15, 0.2) is 6.29 Å². The van der Waals surface area contributed by atoms with Crippen LogP contribution in [0, 0.1) is 0 Å². The molecule has 0 saturated carbocycles. The predicted octanol–water partition coefficient (Wildman–Crippen LogP) is 3.09. The minimum absolute atomic E-state index is 0.748. The fraction of sp³-hybridized carbons (Fsp3) is 0.125. The average molecular weight is 250 g/mol. The zero-order valence-electron chi connectivity index (χ0n) is 10.5. The van der Waals surface area contributed by atoms with Gasteiger partial charge in [-0.3, -0.25) is 9.78 Å². The van der Waals surface area contributed by atoms with Crippen LogP contribution in [0.4, 0.5) is 0 Å². The van der Waals surface area contributed by atoms with Gasteiger partial charge in [0.2, 0.25) is 0 Å². The van der Waals surface area contributed by atoms with E-state index in [0.29, 0.717) is 0 Å². The molecule has 0 aliphatic rings. The van der Waals surface area contributed by atoms with Crippen molar-refractivity contribution in [3.63, 3.8) is 0 Å². The fourth-order valence-electron chi connectivity index (χ4n) is 2.34. The summed E-state index contributed by atoms with van der Waals surface area (Å²) in [6.45, 7) is 0.886. The lowest BCUT2D eigenvalue weighted by molar-refractivity contribution is 0.112. The third kappa shape index (κ3) is 2.27. The van der Waals surface area contributed by atoms with Crippen LogP contribution in [0.2, 0.25) is 0 Å². The molecule has 0 fully saturated rings. The van der Waals surface area contributed by atoms with Crippen LogP contribution in [0.5, 0.6) is 0 Å². The van der Waals surface area contributed by atoms with E-state index in [9.17, 15) is 4.79 Å². The Morgan fingerprint density at radius 3 is 2.89 bits per heavy atom. The molecule has 0 amide bonds. The summed E-state index contributed by atoms with van der Waals surface area (Å²) in [6, 6.07) is 11.9. The van der Waals surface area contributed by atoms with E-state index in [1.54, 1.807) is 6.20 Å². The van der Waals surface area contributed by atoms with Gasteiger partial charge >= 0.3 is 0 Å². The summed E-state index contributed by atoms with van der Waals surface area (Å²) in [4.78, 5) is 15.1. The van der Waals surface area contributed by atoms with Gasteiger partial charge < -0.3 is 4.57 Å². The fourth-order valence-corrected chi connectivity index (χ4v) is 2.34. The molecule has 0 saturated heterocycles. The Labute approximate surface area is 111 Å². The van der Waals surface area contributed by atoms with Crippen LogP contribution in [-0.4, -0.2) is 15.8 Å². The molecule has 0 bridgehead atoms. The minimum Gasteiger partial charge on any atom is -0.347 e. The molecule has 0 radical (unpaired) electrons. The Balaban J connectivity index is 1.88. The molecule has 3 aromatic rings. The molecule has 3 heteroatoms. The second kappa shape index (κ2) is 5.06. The first-order valence-corrected chi connectivity index (χ1v) is 6.30. The maximum absolute atomic E-state index is 11.0. The van der Waals surface area contributed by atoms with Gasteiger partial charge in [-0.1, -0.05) is 18.2 Å². The Hall–Kier alpha value is -2.42. The van der Waals surface area contributed by atoms with E-state index in [1.807, 2.05) is 42.7 Å². The molecule has 94 valence electrons. The van der Waals surface area contributed by atoms with E-state index in [1.165, 1.54) is 5.56 Å². The molecule has 1 aromatic carbocycles. The largest absolute Gasteiger partial charge is 0.347 e. The lowest BCUT2D eigenvalue weighted by atomic mass is 10.1. The number of carbonyl (C=O) groups is 1. The van der Waals surface area contributed by atoms with Crippen LogP contribution >= 0.6 is 0 Å². The van der Waals surface area contributed by atoms with Crippen LogP contribution < -0.4 is 0 Å². The summed E-state index contributed by atoms with van der Waals surface area (Å²) in [5.41, 5.74) is 3.07. The molecule has 0 aliphatic carbocycles. The van der Waals surface area contributed by atoms with Crippen molar-refractivity contribution in [1.82, 2.24) is 9.55 Å². The molecule has 2 heterocycles. The van der Waals surface area contributed by atoms with E-state index in [2.05, 4.69) is 15.6 Å². The van der Waals surface area contributed by atoms with Crippen molar-refractivity contribution in [2.45, 2.75) is 13.0 Å². The summed E-state index contributed by atoms with van der Waals surface area (Å²) in [5, 5.41) is 1.02. The van der Waals surface area contributed by atoms with E-state index >= 15 is 0 Å². The number of aromatic nitrogens is 2. The van der Waals surface area contributed by atoms with Crippen molar-refractivity contribution in [1.29, 1.82) is 0 Å². The first kappa shape index (κ1) is 11.7. The molecule has 19 heavy (non-hydrogen) atoms. The zero-order valence-corrected chi connectivity index (χ0v) is 10.5.